The molecule has 0 bridgehead atoms. The van der Waals surface area contributed by atoms with Gasteiger partial charge in [-0.1, -0.05) is 26.7 Å². The summed E-state index contributed by atoms with van der Waals surface area (Å²) in [5, 5.41) is 12.0. The second-order valence-corrected chi connectivity index (χ2v) is 5.17. The fourth-order valence-corrected chi connectivity index (χ4v) is 2.16. The van der Waals surface area contributed by atoms with Crippen LogP contribution in [0.3, 0.4) is 0 Å². The molecule has 0 amide bonds. The molecule has 120 valence electrons. The maximum absolute atomic E-state index is 8.72. The number of hydrogen-bond acceptors (Lipinski definition) is 4. The normalized spacial score (nSPS) is 16.6. The van der Waals surface area contributed by atoms with Crippen molar-refractivity contribution in [3.05, 3.63) is 24.0 Å². The molecule has 1 fully saturated rings. The first kappa shape index (κ1) is 17.9. The Morgan fingerprint density at radius 1 is 1.24 bits per heavy atom. The van der Waals surface area contributed by atoms with Gasteiger partial charge in [0.25, 0.3) is 0 Å². The average Bonchev–Trinajstić information content (AvgIpc) is 2.48. The van der Waals surface area contributed by atoms with E-state index in [0.29, 0.717) is 12.6 Å². The highest BCUT2D eigenvalue weighted by molar-refractivity contribution is 5.23. The third-order valence-electron chi connectivity index (χ3n) is 3.52. The van der Waals surface area contributed by atoms with Crippen molar-refractivity contribution in [3.8, 4) is 5.75 Å². The Labute approximate surface area is 128 Å². The molecule has 4 heteroatoms. The Kier molecular flexibility index (Phi) is 9.83. The quantitative estimate of drug-likeness (QED) is 0.688. The van der Waals surface area contributed by atoms with Gasteiger partial charge in [0.05, 0.1) is 6.20 Å². The zero-order valence-corrected chi connectivity index (χ0v) is 13.5. The fraction of sp³-hybridized carbons (Fsp3) is 0.706. The number of aliphatic hydroxyl groups excluding tert-OH is 1. The highest BCUT2D eigenvalue weighted by Gasteiger charge is 2.16. The van der Waals surface area contributed by atoms with Gasteiger partial charge in [0.2, 0.25) is 0 Å². The Morgan fingerprint density at radius 2 is 2.00 bits per heavy atom. The SMILES string of the molecule is CC.OCCCCCCc1cncc(OCC2CCN2)c1. The number of ether oxygens (including phenoxy) is 1. The van der Waals surface area contributed by atoms with Gasteiger partial charge in [-0.15, -0.1) is 0 Å². The Morgan fingerprint density at radius 3 is 2.67 bits per heavy atom. The Bertz CT molecular complexity index is 368. The van der Waals surface area contributed by atoms with E-state index in [-0.39, 0.29) is 0 Å². The van der Waals surface area contributed by atoms with Gasteiger partial charge in [-0.05, 0) is 43.9 Å². The van der Waals surface area contributed by atoms with Crippen LogP contribution in [0.2, 0.25) is 0 Å². The molecule has 1 aliphatic heterocycles. The third kappa shape index (κ3) is 7.44. The van der Waals surface area contributed by atoms with Crippen LogP contribution in [0, 0.1) is 0 Å². The van der Waals surface area contributed by atoms with E-state index in [2.05, 4.69) is 16.4 Å². The van der Waals surface area contributed by atoms with E-state index < -0.39 is 0 Å². The lowest BCUT2D eigenvalue weighted by Gasteiger charge is -2.27. The lowest BCUT2D eigenvalue weighted by atomic mass is 10.1. The molecule has 1 unspecified atom stereocenters. The summed E-state index contributed by atoms with van der Waals surface area (Å²) in [6.45, 7) is 6.15. The van der Waals surface area contributed by atoms with E-state index in [4.69, 9.17) is 9.84 Å². The smallest absolute Gasteiger partial charge is 0.137 e. The molecule has 0 saturated carbocycles. The molecule has 1 aliphatic rings. The molecule has 1 aromatic rings. The molecule has 21 heavy (non-hydrogen) atoms. The van der Waals surface area contributed by atoms with Gasteiger partial charge in [0, 0.05) is 18.8 Å². The van der Waals surface area contributed by atoms with E-state index in [1.165, 1.54) is 12.0 Å². The number of pyridine rings is 1. The van der Waals surface area contributed by atoms with E-state index in [1.54, 1.807) is 6.20 Å². The number of aryl methyl sites for hydroxylation is 1. The lowest BCUT2D eigenvalue weighted by molar-refractivity contribution is 0.217. The standard InChI is InChI=1S/C15H24N2O2.C2H6/c18-8-4-2-1-3-5-13-9-15(11-16-10-13)19-12-14-6-7-17-14;1-2/h9-11,14,17-18H,1-8,12H2;1-2H3. The molecule has 1 atom stereocenters. The van der Waals surface area contributed by atoms with Crippen molar-refractivity contribution < 1.29 is 9.84 Å². The minimum absolute atomic E-state index is 0.306. The highest BCUT2D eigenvalue weighted by atomic mass is 16.5. The van der Waals surface area contributed by atoms with Crippen LogP contribution >= 0.6 is 0 Å². The zero-order valence-electron chi connectivity index (χ0n) is 13.5. The molecule has 2 N–H and O–H groups in total. The van der Waals surface area contributed by atoms with Crippen LogP contribution in [0.1, 0.15) is 51.5 Å². The van der Waals surface area contributed by atoms with E-state index in [0.717, 1.165) is 51.0 Å². The molecule has 2 heterocycles. The van der Waals surface area contributed by atoms with Crippen LogP contribution in [0.15, 0.2) is 18.5 Å². The van der Waals surface area contributed by atoms with Gasteiger partial charge in [-0.25, -0.2) is 0 Å². The van der Waals surface area contributed by atoms with Gasteiger partial charge in [-0.2, -0.15) is 0 Å². The van der Waals surface area contributed by atoms with Crippen molar-refractivity contribution in [1.29, 1.82) is 0 Å². The number of hydrogen-bond donors (Lipinski definition) is 2. The van der Waals surface area contributed by atoms with Crippen molar-refractivity contribution in [2.24, 2.45) is 0 Å². The van der Waals surface area contributed by atoms with E-state index in [1.807, 2.05) is 20.0 Å². The van der Waals surface area contributed by atoms with Crippen LogP contribution in [0.5, 0.6) is 5.75 Å². The summed E-state index contributed by atoms with van der Waals surface area (Å²) in [5.41, 5.74) is 1.24. The second-order valence-electron chi connectivity index (χ2n) is 5.17. The fourth-order valence-electron chi connectivity index (χ4n) is 2.16. The lowest BCUT2D eigenvalue weighted by Crippen LogP contribution is -2.46. The van der Waals surface area contributed by atoms with Crippen molar-refractivity contribution in [3.63, 3.8) is 0 Å². The molecular weight excluding hydrogens is 264 g/mol. The topological polar surface area (TPSA) is 54.4 Å². The first-order valence-electron chi connectivity index (χ1n) is 8.29. The predicted molar refractivity (Wildman–Crippen MR) is 86.7 cm³/mol. The van der Waals surface area contributed by atoms with Crippen LogP contribution in [0.4, 0.5) is 0 Å². The molecular formula is C17H30N2O2. The number of nitrogens with zero attached hydrogens (tertiary/aromatic N) is 1. The van der Waals surface area contributed by atoms with Crippen molar-refractivity contribution in [1.82, 2.24) is 10.3 Å². The Balaban J connectivity index is 0.00000106. The summed E-state index contributed by atoms with van der Waals surface area (Å²) >= 11 is 0. The number of rotatable bonds is 9. The predicted octanol–water partition coefficient (Wildman–Crippen LogP) is 2.94. The maximum Gasteiger partial charge on any atom is 0.137 e. The van der Waals surface area contributed by atoms with Crippen LogP contribution in [-0.4, -0.2) is 35.9 Å². The van der Waals surface area contributed by atoms with Crippen molar-refractivity contribution in [2.45, 2.75) is 58.4 Å². The average molecular weight is 294 g/mol. The minimum Gasteiger partial charge on any atom is -0.490 e. The van der Waals surface area contributed by atoms with Gasteiger partial charge in [0.1, 0.15) is 12.4 Å². The van der Waals surface area contributed by atoms with Crippen LogP contribution in [0.25, 0.3) is 0 Å². The first-order chi connectivity index (χ1) is 10.4. The summed E-state index contributed by atoms with van der Waals surface area (Å²) in [4.78, 5) is 4.24. The summed E-state index contributed by atoms with van der Waals surface area (Å²) in [7, 11) is 0. The molecule has 0 aromatic carbocycles. The van der Waals surface area contributed by atoms with Gasteiger partial charge in [0.15, 0.2) is 0 Å². The third-order valence-corrected chi connectivity index (χ3v) is 3.52. The first-order valence-corrected chi connectivity index (χ1v) is 8.29. The molecule has 0 radical (unpaired) electrons. The summed E-state index contributed by atoms with van der Waals surface area (Å²) < 4.78 is 5.74. The van der Waals surface area contributed by atoms with E-state index >= 15 is 0 Å². The molecule has 4 nitrogen and oxygen atoms in total. The summed E-state index contributed by atoms with van der Waals surface area (Å²) in [5.74, 6) is 0.876. The summed E-state index contributed by atoms with van der Waals surface area (Å²) in [6, 6.07) is 2.61. The zero-order chi connectivity index (χ0) is 15.3. The molecule has 0 aliphatic carbocycles. The van der Waals surface area contributed by atoms with Crippen molar-refractivity contribution >= 4 is 0 Å². The van der Waals surface area contributed by atoms with Crippen molar-refractivity contribution in [2.75, 3.05) is 19.8 Å². The van der Waals surface area contributed by atoms with Gasteiger partial charge in [-0.3, -0.25) is 4.98 Å². The monoisotopic (exact) mass is 294 g/mol. The number of aliphatic hydroxyl groups is 1. The van der Waals surface area contributed by atoms with Crippen LogP contribution in [-0.2, 0) is 6.42 Å². The Hall–Kier alpha value is -1.13. The number of unbranched alkanes of at least 4 members (excludes halogenated alkanes) is 3. The summed E-state index contributed by atoms with van der Waals surface area (Å²) in [6.07, 6.45) is 10.3. The minimum atomic E-state index is 0.306. The van der Waals surface area contributed by atoms with E-state index in [9.17, 15) is 0 Å². The molecule has 0 spiro atoms. The van der Waals surface area contributed by atoms with Gasteiger partial charge < -0.3 is 15.2 Å². The van der Waals surface area contributed by atoms with Gasteiger partial charge >= 0.3 is 0 Å². The molecule has 2 rings (SSSR count). The maximum atomic E-state index is 8.72. The van der Waals surface area contributed by atoms with Crippen LogP contribution < -0.4 is 10.1 Å². The number of aromatic nitrogens is 1. The molecule has 1 saturated heterocycles. The molecule has 1 aromatic heterocycles. The largest absolute Gasteiger partial charge is 0.490 e. The second kappa shape index (κ2) is 11.5. The number of nitrogens with one attached hydrogen (secondary N) is 1. The highest BCUT2D eigenvalue weighted by Crippen LogP contribution is 2.15.